The van der Waals surface area contributed by atoms with Gasteiger partial charge in [0.15, 0.2) is 0 Å². The molecule has 0 aliphatic carbocycles. The van der Waals surface area contributed by atoms with Crippen LogP contribution in [0, 0.1) is 0 Å². The number of pyridine rings is 1. The van der Waals surface area contributed by atoms with E-state index in [9.17, 15) is 0 Å². The predicted molar refractivity (Wildman–Crippen MR) is 134 cm³/mol. The third kappa shape index (κ3) is 25.2. The molecule has 1 saturated heterocycles. The molecule has 2 unspecified atom stereocenters. The Balaban J connectivity index is -0.000000174. The van der Waals surface area contributed by atoms with E-state index >= 15 is 0 Å². The summed E-state index contributed by atoms with van der Waals surface area (Å²) in [4.78, 5) is 8.60. The van der Waals surface area contributed by atoms with Gasteiger partial charge in [-0.25, -0.2) is 0 Å². The van der Waals surface area contributed by atoms with Crippen molar-refractivity contribution in [3.8, 4) is 5.75 Å². The first-order chi connectivity index (χ1) is 14.2. The van der Waals surface area contributed by atoms with E-state index in [0.717, 1.165) is 24.9 Å². The summed E-state index contributed by atoms with van der Waals surface area (Å²) < 4.78 is 4.87. The summed E-state index contributed by atoms with van der Waals surface area (Å²) in [5.74, 6) is 1.01. The number of nitrogens with zero attached hydrogens (tertiary/aromatic N) is 4. The molecule has 189 valence electrons. The van der Waals surface area contributed by atoms with Crippen molar-refractivity contribution in [3.63, 3.8) is 0 Å². The van der Waals surface area contributed by atoms with Crippen LogP contribution in [0.2, 0.25) is 0 Å². The fourth-order valence-corrected chi connectivity index (χ4v) is 2.35. The fourth-order valence-electron chi connectivity index (χ4n) is 2.35. The van der Waals surface area contributed by atoms with E-state index in [0.29, 0.717) is 0 Å². The Morgan fingerprint density at radius 2 is 1.91 bits per heavy atom. The molecule has 0 bridgehead atoms. The van der Waals surface area contributed by atoms with Crippen LogP contribution in [0.15, 0.2) is 36.4 Å². The number of rotatable bonds is 7. The van der Waals surface area contributed by atoms with E-state index in [1.807, 2.05) is 7.05 Å². The van der Waals surface area contributed by atoms with E-state index in [-0.39, 0.29) is 32.7 Å². The molecule has 1 radical (unpaired) electrons. The molecule has 2 rings (SSSR count). The van der Waals surface area contributed by atoms with E-state index < -0.39 is 6.10 Å². The summed E-state index contributed by atoms with van der Waals surface area (Å²) in [7, 11) is 7.89. The van der Waals surface area contributed by atoms with Crippen LogP contribution < -0.4 is 4.74 Å². The average Bonchev–Trinajstić information content (AvgIpc) is 2.70. The Hall–Kier alpha value is -1.05. The Morgan fingerprint density at radius 3 is 2.16 bits per heavy atom. The minimum atomic E-state index is -0.537. The topological polar surface area (TPSA) is 83.2 Å². The van der Waals surface area contributed by atoms with E-state index in [1.165, 1.54) is 38.9 Å². The monoisotopic (exact) mass is 543 g/mol. The summed E-state index contributed by atoms with van der Waals surface area (Å²) >= 11 is 0. The SMILES string of the molecule is C.CC(O)=CC(C)O.CCC.COc1ccncc1.C[N-]CCN(C)CC1CCN1C.[Ru+3]. The number of aliphatic hydroxyl groups is 2. The Morgan fingerprint density at radius 1 is 1.38 bits per heavy atom. The summed E-state index contributed by atoms with van der Waals surface area (Å²) in [6.45, 7) is 11.9. The van der Waals surface area contributed by atoms with E-state index in [4.69, 9.17) is 14.9 Å². The number of allylic oxidation sites excluding steroid dienone is 1. The van der Waals surface area contributed by atoms with E-state index in [2.05, 4.69) is 48.0 Å². The third-order valence-corrected chi connectivity index (χ3v) is 4.03. The zero-order valence-corrected chi connectivity index (χ0v) is 22.5. The van der Waals surface area contributed by atoms with Crippen LogP contribution in [-0.4, -0.2) is 91.6 Å². The number of likely N-dealkylation sites (tertiary alicyclic amines) is 1. The van der Waals surface area contributed by atoms with Gasteiger partial charge in [-0.15, -0.1) is 6.54 Å². The number of methoxy groups -OCH3 is 1. The molecular weight excluding hydrogens is 493 g/mol. The minimum absolute atomic E-state index is 0. The van der Waals surface area contributed by atoms with Gasteiger partial charge in [0.1, 0.15) is 5.75 Å². The molecule has 32 heavy (non-hydrogen) atoms. The van der Waals surface area contributed by atoms with Gasteiger partial charge in [0.25, 0.3) is 0 Å². The zero-order valence-electron chi connectivity index (χ0n) is 20.7. The number of hydrogen-bond acceptors (Lipinski definition) is 6. The fraction of sp³-hybridized carbons (Fsp3) is 0.708. The quantitative estimate of drug-likeness (QED) is 0.387. The van der Waals surface area contributed by atoms with Crippen molar-refractivity contribution >= 4 is 0 Å². The molecule has 8 heteroatoms. The Labute approximate surface area is 211 Å². The van der Waals surface area contributed by atoms with Crippen LogP contribution in [0.4, 0.5) is 0 Å². The smallest absolute Gasteiger partial charge is 0.664 e. The van der Waals surface area contributed by atoms with E-state index in [1.54, 1.807) is 38.6 Å². The number of aromatic nitrogens is 1. The maximum atomic E-state index is 8.49. The Kier molecular flexibility index (Phi) is 31.3. The van der Waals surface area contributed by atoms with Crippen molar-refractivity contribution < 1.29 is 34.4 Å². The second-order valence-electron chi connectivity index (χ2n) is 7.37. The van der Waals surface area contributed by atoms with Gasteiger partial charge in [-0.3, -0.25) is 4.98 Å². The number of likely N-dealkylation sites (N-methyl/N-ethyl adjacent to an activating group) is 3. The van der Waals surface area contributed by atoms with Gasteiger partial charge in [0.05, 0.1) is 19.0 Å². The summed E-state index contributed by atoms with van der Waals surface area (Å²) in [6.07, 6.45) is 6.83. The molecule has 1 aromatic heterocycles. The molecule has 2 atom stereocenters. The number of hydrogen-bond donors (Lipinski definition) is 2. The van der Waals surface area contributed by atoms with Crippen LogP contribution in [0.25, 0.3) is 5.32 Å². The minimum Gasteiger partial charge on any atom is -0.664 e. The van der Waals surface area contributed by atoms with Gasteiger partial charge in [0.2, 0.25) is 0 Å². The van der Waals surface area contributed by atoms with Gasteiger partial charge in [-0.1, -0.05) is 27.7 Å². The van der Waals surface area contributed by atoms with Gasteiger partial charge in [0, 0.05) is 25.0 Å². The zero-order chi connectivity index (χ0) is 23.4. The number of ether oxygens (including phenoxy) is 1. The maximum absolute atomic E-state index is 8.49. The first-order valence-corrected chi connectivity index (χ1v) is 10.6. The van der Waals surface area contributed by atoms with Gasteiger partial charge < -0.3 is 30.1 Å². The summed E-state index contributed by atoms with van der Waals surface area (Å²) in [5.41, 5.74) is 0. The number of aliphatic hydroxyl groups excluding tert-OH is 2. The van der Waals surface area contributed by atoms with Gasteiger partial charge >= 0.3 is 19.5 Å². The molecule has 0 spiro atoms. The molecule has 1 aliphatic rings. The van der Waals surface area contributed by atoms with Crippen LogP contribution in [0.3, 0.4) is 0 Å². The van der Waals surface area contributed by atoms with Crippen LogP contribution in [-0.2, 0) is 19.5 Å². The first-order valence-electron chi connectivity index (χ1n) is 10.6. The third-order valence-electron chi connectivity index (χ3n) is 4.03. The second kappa shape index (κ2) is 26.2. The van der Waals surface area contributed by atoms with Crippen molar-refractivity contribution in [2.75, 3.05) is 54.4 Å². The standard InChI is InChI=1S/C9H20N3.C6H7NO.C5H10O2.C3H8.CH4.Ru/c1-10-5-7-11(2)8-9-4-6-12(9)3;1-8-6-2-4-7-5-3-6;1-4(6)3-5(2)7;1-3-2;;/h9H,4-8H2,1-3H3;2-5H,1H3;3-4,6-7H,1-2H3;3H2,1-2H3;1H4;/q-1;;;;;+3. The van der Waals surface area contributed by atoms with Gasteiger partial charge in [-0.2, -0.15) is 7.05 Å². The molecule has 1 fully saturated rings. The molecule has 0 amide bonds. The van der Waals surface area contributed by atoms with Crippen LogP contribution in [0.1, 0.15) is 48.0 Å². The molecule has 1 aromatic rings. The molecule has 0 saturated carbocycles. The van der Waals surface area contributed by atoms with Crippen LogP contribution in [0.5, 0.6) is 5.75 Å². The normalized spacial score (nSPS) is 15.6. The molecule has 0 aromatic carbocycles. The van der Waals surface area contributed by atoms with Crippen molar-refractivity contribution in [1.29, 1.82) is 0 Å². The largest absolute Gasteiger partial charge is 3.00 e. The second-order valence-corrected chi connectivity index (χ2v) is 7.37. The molecular formula is C24H49N4O3Ru+2. The van der Waals surface area contributed by atoms with Crippen molar-refractivity contribution in [1.82, 2.24) is 14.8 Å². The van der Waals surface area contributed by atoms with Crippen molar-refractivity contribution in [2.45, 2.75) is 60.1 Å². The van der Waals surface area contributed by atoms with Gasteiger partial charge in [-0.05, 0) is 65.7 Å². The Bertz CT molecular complexity index is 515. The molecule has 2 heterocycles. The molecule has 2 N–H and O–H groups in total. The van der Waals surface area contributed by atoms with Crippen LogP contribution >= 0.6 is 0 Å². The summed E-state index contributed by atoms with van der Waals surface area (Å²) in [6, 6.07) is 4.41. The maximum Gasteiger partial charge on any atom is 3.00 e. The average molecular weight is 543 g/mol. The molecule has 1 aliphatic heterocycles. The van der Waals surface area contributed by atoms with Crippen molar-refractivity contribution in [2.24, 2.45) is 0 Å². The van der Waals surface area contributed by atoms with Crippen molar-refractivity contribution in [3.05, 3.63) is 41.7 Å². The predicted octanol–water partition coefficient (Wildman–Crippen LogP) is 4.59. The first kappa shape index (κ1) is 38.2. The summed E-state index contributed by atoms with van der Waals surface area (Å²) in [5, 5.41) is 21.0. The molecule has 7 nitrogen and oxygen atoms in total.